The molecule has 1 N–H and O–H groups in total. The second kappa shape index (κ2) is 10.1. The Bertz CT molecular complexity index is 1270. The zero-order valence-electron chi connectivity index (χ0n) is 19.0. The third-order valence-electron chi connectivity index (χ3n) is 5.30. The van der Waals surface area contributed by atoms with E-state index in [0.29, 0.717) is 45.4 Å². The predicted molar refractivity (Wildman–Crippen MR) is 130 cm³/mol. The molecule has 10 heteroatoms. The minimum atomic E-state index is -0.639. The van der Waals surface area contributed by atoms with Crippen molar-refractivity contribution in [1.82, 2.24) is 20.2 Å². The highest BCUT2D eigenvalue weighted by molar-refractivity contribution is 9.10. The van der Waals surface area contributed by atoms with E-state index in [2.05, 4.69) is 49.4 Å². The summed E-state index contributed by atoms with van der Waals surface area (Å²) in [5, 5.41) is 14.9. The Kier molecular flexibility index (Phi) is 6.97. The van der Waals surface area contributed by atoms with Crippen LogP contribution in [0.3, 0.4) is 0 Å². The predicted octanol–water partition coefficient (Wildman–Crippen LogP) is 4.35. The first-order valence-corrected chi connectivity index (χ1v) is 11.3. The van der Waals surface area contributed by atoms with E-state index in [1.54, 1.807) is 14.0 Å². The number of anilines is 1. The smallest absolute Gasteiger partial charge is 0.338 e. The fraction of sp³-hybridized carbons (Fsp3) is 0.250. The molecular weight excluding hydrogens is 502 g/mol. The molecule has 0 amide bonds. The zero-order valence-corrected chi connectivity index (χ0v) is 20.6. The topological polar surface area (TPSA) is 100 Å². The molecule has 0 saturated heterocycles. The van der Waals surface area contributed by atoms with Crippen LogP contribution < -0.4 is 14.8 Å². The maximum absolute atomic E-state index is 13.0. The van der Waals surface area contributed by atoms with Crippen LogP contribution in [0.5, 0.6) is 11.5 Å². The molecular formula is C24H24BrN5O4. The van der Waals surface area contributed by atoms with E-state index in [1.165, 1.54) is 10.8 Å². The van der Waals surface area contributed by atoms with Crippen molar-refractivity contribution in [3.63, 3.8) is 0 Å². The average Bonchev–Trinajstić information content (AvgIpc) is 3.28. The lowest BCUT2D eigenvalue weighted by Gasteiger charge is -2.28. The van der Waals surface area contributed by atoms with Gasteiger partial charge in [-0.15, -0.1) is 0 Å². The van der Waals surface area contributed by atoms with Gasteiger partial charge in [0, 0.05) is 5.70 Å². The summed E-state index contributed by atoms with van der Waals surface area (Å²) >= 11 is 3.61. The number of tetrazole rings is 1. The Morgan fingerprint density at radius 1 is 1.29 bits per heavy atom. The van der Waals surface area contributed by atoms with Gasteiger partial charge in [-0.1, -0.05) is 47.6 Å². The number of ether oxygens (including phenoxy) is 3. The van der Waals surface area contributed by atoms with Crippen LogP contribution in [0.1, 0.15) is 29.7 Å². The lowest BCUT2D eigenvalue weighted by molar-refractivity contribution is -0.138. The summed E-state index contributed by atoms with van der Waals surface area (Å²) in [5.74, 6) is 0.973. The molecule has 1 aliphatic rings. The maximum atomic E-state index is 13.0. The van der Waals surface area contributed by atoms with Gasteiger partial charge in [-0.05, 0) is 63.5 Å². The van der Waals surface area contributed by atoms with E-state index in [9.17, 15) is 4.79 Å². The number of nitrogens with one attached hydrogen (secondary N) is 1. The molecule has 1 atom stereocenters. The fourth-order valence-electron chi connectivity index (χ4n) is 3.79. The number of carbonyl (C=O) groups excluding carboxylic acids is 1. The SMILES string of the molecule is C=CCOC(=O)C1=C(C)Nc2nnnn2C1c1cc(Br)c(OCc2cccc(C)c2)c(OC)c1. The third-order valence-corrected chi connectivity index (χ3v) is 5.89. The Morgan fingerprint density at radius 2 is 2.12 bits per heavy atom. The quantitative estimate of drug-likeness (QED) is 0.342. The number of rotatable bonds is 8. The van der Waals surface area contributed by atoms with Gasteiger partial charge in [-0.25, -0.2) is 4.79 Å². The van der Waals surface area contributed by atoms with Crippen LogP contribution in [0, 0.1) is 6.92 Å². The minimum Gasteiger partial charge on any atom is -0.493 e. The zero-order chi connectivity index (χ0) is 24.2. The number of allylic oxidation sites excluding steroid dienone is 1. The van der Waals surface area contributed by atoms with Gasteiger partial charge in [0.15, 0.2) is 11.5 Å². The maximum Gasteiger partial charge on any atom is 0.338 e. The number of halogens is 1. The van der Waals surface area contributed by atoms with E-state index in [0.717, 1.165) is 11.1 Å². The van der Waals surface area contributed by atoms with E-state index in [-0.39, 0.29) is 6.61 Å². The lowest BCUT2D eigenvalue weighted by atomic mass is 9.95. The summed E-state index contributed by atoms with van der Waals surface area (Å²) in [6.45, 7) is 7.88. The second-order valence-corrected chi connectivity index (χ2v) is 8.57. The highest BCUT2D eigenvalue weighted by Gasteiger charge is 2.35. The van der Waals surface area contributed by atoms with E-state index in [1.807, 2.05) is 37.3 Å². The molecule has 0 spiro atoms. The van der Waals surface area contributed by atoms with Crippen molar-refractivity contribution in [2.24, 2.45) is 0 Å². The van der Waals surface area contributed by atoms with Crippen molar-refractivity contribution < 1.29 is 19.0 Å². The number of carbonyl (C=O) groups is 1. The van der Waals surface area contributed by atoms with Crippen LogP contribution >= 0.6 is 15.9 Å². The van der Waals surface area contributed by atoms with E-state index >= 15 is 0 Å². The summed E-state index contributed by atoms with van der Waals surface area (Å²) in [6.07, 6.45) is 1.52. The number of aromatic nitrogens is 4. The highest BCUT2D eigenvalue weighted by atomic mass is 79.9. The van der Waals surface area contributed by atoms with Crippen molar-refractivity contribution in [2.45, 2.75) is 26.5 Å². The second-order valence-electron chi connectivity index (χ2n) is 7.71. The normalized spacial score (nSPS) is 14.8. The number of benzene rings is 2. The van der Waals surface area contributed by atoms with Gasteiger partial charge in [0.25, 0.3) is 0 Å². The molecule has 0 fully saturated rings. The Balaban J connectivity index is 1.73. The number of hydrogen-bond acceptors (Lipinski definition) is 8. The van der Waals surface area contributed by atoms with Crippen LogP contribution in [0.2, 0.25) is 0 Å². The van der Waals surface area contributed by atoms with Gasteiger partial charge in [-0.2, -0.15) is 4.68 Å². The Labute approximate surface area is 205 Å². The van der Waals surface area contributed by atoms with E-state index < -0.39 is 12.0 Å². The molecule has 4 rings (SSSR count). The minimum absolute atomic E-state index is 0.0869. The molecule has 2 aromatic carbocycles. The average molecular weight is 526 g/mol. The summed E-state index contributed by atoms with van der Waals surface area (Å²) in [4.78, 5) is 13.0. The molecule has 1 aromatic heterocycles. The van der Waals surface area contributed by atoms with Crippen molar-refractivity contribution >= 4 is 27.8 Å². The summed E-state index contributed by atoms with van der Waals surface area (Å²) < 4.78 is 19.3. The lowest BCUT2D eigenvalue weighted by Crippen LogP contribution is -2.29. The third kappa shape index (κ3) is 4.67. The molecule has 9 nitrogen and oxygen atoms in total. The molecule has 1 aliphatic heterocycles. The molecule has 34 heavy (non-hydrogen) atoms. The molecule has 3 aromatic rings. The van der Waals surface area contributed by atoms with Crippen molar-refractivity contribution in [3.05, 3.63) is 81.5 Å². The van der Waals surface area contributed by atoms with Crippen LogP contribution in [-0.2, 0) is 16.1 Å². The highest BCUT2D eigenvalue weighted by Crippen LogP contribution is 2.42. The summed E-state index contributed by atoms with van der Waals surface area (Å²) in [6, 6.07) is 11.1. The molecule has 2 heterocycles. The Morgan fingerprint density at radius 3 is 2.85 bits per heavy atom. The molecule has 0 aliphatic carbocycles. The molecule has 1 unspecified atom stereocenters. The standard InChI is InChI=1S/C24H24BrN5O4/c1-5-9-33-23(31)20-15(3)26-24-27-28-29-30(24)21(20)17-11-18(25)22(19(12-17)32-4)34-13-16-8-6-7-14(2)10-16/h5-8,10-12,21H,1,9,13H2,2-4H3,(H,26,27,29). The molecule has 0 saturated carbocycles. The van der Waals surface area contributed by atoms with Gasteiger partial charge >= 0.3 is 5.97 Å². The molecule has 176 valence electrons. The fourth-order valence-corrected chi connectivity index (χ4v) is 4.37. The monoisotopic (exact) mass is 525 g/mol. The van der Waals surface area contributed by atoms with Gasteiger partial charge < -0.3 is 19.5 Å². The summed E-state index contributed by atoms with van der Waals surface area (Å²) in [5.41, 5.74) is 3.89. The van der Waals surface area contributed by atoms with Crippen molar-refractivity contribution in [2.75, 3.05) is 19.0 Å². The van der Waals surface area contributed by atoms with Crippen LogP contribution in [-0.4, -0.2) is 39.9 Å². The van der Waals surface area contributed by atoms with Gasteiger partial charge in [-0.3, -0.25) is 0 Å². The number of nitrogens with zero attached hydrogens (tertiary/aromatic N) is 4. The summed E-state index contributed by atoms with van der Waals surface area (Å²) in [7, 11) is 1.57. The first-order valence-electron chi connectivity index (χ1n) is 10.5. The first kappa shape index (κ1) is 23.5. The Hall–Kier alpha value is -3.66. The van der Waals surface area contributed by atoms with Gasteiger partial charge in [0.1, 0.15) is 19.3 Å². The number of aryl methyl sites for hydroxylation is 1. The van der Waals surface area contributed by atoms with Gasteiger partial charge in [0.2, 0.25) is 5.95 Å². The molecule has 0 bridgehead atoms. The number of hydrogen-bond donors (Lipinski definition) is 1. The number of esters is 1. The van der Waals surface area contributed by atoms with Crippen LogP contribution in [0.4, 0.5) is 5.95 Å². The first-order chi connectivity index (χ1) is 16.4. The van der Waals surface area contributed by atoms with Crippen molar-refractivity contribution in [1.29, 1.82) is 0 Å². The van der Waals surface area contributed by atoms with Crippen molar-refractivity contribution in [3.8, 4) is 11.5 Å². The van der Waals surface area contributed by atoms with Crippen LogP contribution in [0.15, 0.2) is 64.8 Å². The largest absolute Gasteiger partial charge is 0.493 e. The van der Waals surface area contributed by atoms with Crippen LogP contribution in [0.25, 0.3) is 0 Å². The number of fused-ring (bicyclic) bond motifs is 1. The van der Waals surface area contributed by atoms with E-state index in [4.69, 9.17) is 14.2 Å². The number of methoxy groups -OCH3 is 1. The van der Waals surface area contributed by atoms with Gasteiger partial charge in [0.05, 0.1) is 17.2 Å². The molecule has 0 radical (unpaired) electrons.